The van der Waals surface area contributed by atoms with Crippen LogP contribution in [0.15, 0.2) is 46.1 Å². The molecule has 0 spiro atoms. The molecule has 0 saturated carbocycles. The van der Waals surface area contributed by atoms with Crippen LogP contribution in [0.5, 0.6) is 5.75 Å². The number of anilines is 1. The van der Waals surface area contributed by atoms with Crippen LogP contribution >= 0.6 is 0 Å². The predicted molar refractivity (Wildman–Crippen MR) is 136 cm³/mol. The highest BCUT2D eigenvalue weighted by molar-refractivity contribution is 7.92. The zero-order chi connectivity index (χ0) is 26.0. The third kappa shape index (κ3) is 6.74. The summed E-state index contributed by atoms with van der Waals surface area (Å²) in [7, 11) is -7.36. The second kappa shape index (κ2) is 10.3. The third-order valence-electron chi connectivity index (χ3n) is 5.22. The van der Waals surface area contributed by atoms with Gasteiger partial charge in [0.05, 0.1) is 23.4 Å². The van der Waals surface area contributed by atoms with E-state index < -0.39 is 25.6 Å². The van der Waals surface area contributed by atoms with E-state index in [0.29, 0.717) is 29.8 Å². The second-order valence-corrected chi connectivity index (χ2v) is 12.0. The molecule has 0 aliphatic carbocycles. The van der Waals surface area contributed by atoms with Crippen LogP contribution in [-0.4, -0.2) is 46.0 Å². The van der Waals surface area contributed by atoms with Gasteiger partial charge in [-0.1, -0.05) is 17.7 Å². The predicted octanol–water partition coefficient (Wildman–Crippen LogP) is 2.52. The number of nitrogens with one attached hydrogen (secondary N) is 3. The summed E-state index contributed by atoms with van der Waals surface area (Å²) in [6.07, 6.45) is 1.46. The van der Waals surface area contributed by atoms with Gasteiger partial charge in [-0.3, -0.25) is 14.6 Å². The third-order valence-corrected chi connectivity index (χ3v) is 7.25. The van der Waals surface area contributed by atoms with Crippen molar-refractivity contribution in [3.05, 3.63) is 69.0 Å². The van der Waals surface area contributed by atoms with Crippen molar-refractivity contribution < 1.29 is 21.6 Å². The fourth-order valence-electron chi connectivity index (χ4n) is 3.74. The van der Waals surface area contributed by atoms with Gasteiger partial charge in [0.25, 0.3) is 5.56 Å². The van der Waals surface area contributed by atoms with Gasteiger partial charge >= 0.3 is 0 Å². The Morgan fingerprint density at radius 3 is 2.20 bits per heavy atom. The van der Waals surface area contributed by atoms with Crippen molar-refractivity contribution in [2.75, 3.05) is 24.1 Å². The summed E-state index contributed by atoms with van der Waals surface area (Å²) >= 11 is 0. The van der Waals surface area contributed by atoms with Crippen molar-refractivity contribution in [3.8, 4) is 11.4 Å². The topological polar surface area (TPSA) is 139 Å². The lowest BCUT2D eigenvalue weighted by Crippen LogP contribution is -2.26. The Morgan fingerprint density at radius 1 is 0.943 bits per heavy atom. The van der Waals surface area contributed by atoms with Crippen molar-refractivity contribution in [3.63, 3.8) is 0 Å². The maximum absolute atomic E-state index is 12.8. The normalized spacial score (nSPS) is 12.0. The lowest BCUT2D eigenvalue weighted by Gasteiger charge is -2.14. The summed E-state index contributed by atoms with van der Waals surface area (Å²) in [5, 5.41) is 2.70. The van der Waals surface area contributed by atoms with Gasteiger partial charge in [-0.05, 0) is 69.0 Å². The number of H-pyrrole nitrogens is 1. The number of hydrogen-bond acceptors (Lipinski definition) is 6. The molecular weight excluding hydrogens is 492 g/mol. The van der Waals surface area contributed by atoms with Gasteiger partial charge in [-0.15, -0.1) is 0 Å². The molecule has 0 radical (unpaired) electrons. The van der Waals surface area contributed by atoms with E-state index in [1.165, 1.54) is 16.8 Å². The van der Waals surface area contributed by atoms with Crippen LogP contribution in [-0.2, 0) is 20.0 Å². The van der Waals surface area contributed by atoms with Crippen LogP contribution in [0.1, 0.15) is 28.7 Å². The minimum absolute atomic E-state index is 0.0118. The van der Waals surface area contributed by atoms with E-state index in [1.807, 2.05) is 32.0 Å². The van der Waals surface area contributed by atoms with Crippen LogP contribution in [0.3, 0.4) is 0 Å². The van der Waals surface area contributed by atoms with Crippen molar-refractivity contribution in [1.29, 1.82) is 0 Å². The molecular formula is C23H30N4O6S2. The largest absolute Gasteiger partial charge is 0.493 e. The number of nitrogens with zero attached hydrogens (tertiary/aromatic N) is 1. The zero-order valence-corrected chi connectivity index (χ0v) is 21.9. The summed E-state index contributed by atoms with van der Waals surface area (Å²) in [5.41, 5.74) is 3.18. The molecule has 35 heavy (non-hydrogen) atoms. The van der Waals surface area contributed by atoms with Crippen LogP contribution in [0, 0.1) is 27.7 Å². The van der Waals surface area contributed by atoms with Crippen molar-refractivity contribution in [2.45, 2.75) is 39.0 Å². The van der Waals surface area contributed by atoms with Crippen LogP contribution in [0.2, 0.25) is 0 Å². The minimum Gasteiger partial charge on any atom is -0.493 e. The first-order valence-electron chi connectivity index (χ1n) is 10.9. The molecule has 0 saturated heterocycles. The van der Waals surface area contributed by atoms with Gasteiger partial charge < -0.3 is 4.74 Å². The molecule has 12 heteroatoms. The Balaban J connectivity index is 1.69. The van der Waals surface area contributed by atoms with E-state index in [2.05, 4.69) is 14.5 Å². The van der Waals surface area contributed by atoms with Crippen molar-refractivity contribution in [2.24, 2.45) is 0 Å². The maximum atomic E-state index is 12.8. The lowest BCUT2D eigenvalue weighted by atomic mass is 10.1. The number of aryl methyl sites for hydroxylation is 4. The van der Waals surface area contributed by atoms with Crippen LogP contribution < -0.4 is 19.7 Å². The average Bonchev–Trinajstić information content (AvgIpc) is 3.06. The Labute approximate surface area is 205 Å². The SMILES string of the molecule is Cc1ccc(OCCCNS(=O)(=O)c2cc(C)c(-n3[nH]c(NS(C)(=O)=O)cc3=O)c(C)c2)c(C)c1. The number of aromatic amines is 1. The second-order valence-electron chi connectivity index (χ2n) is 8.49. The standard InChI is InChI=1S/C23H30N4O6S2/c1-15-7-8-20(16(2)11-15)33-10-6-9-24-35(31,32)19-12-17(3)23(18(4)13-19)27-22(28)14-21(25-27)26-34(5,29)30/h7-8,11-14,24-26H,6,9-10H2,1-5H3. The van der Waals surface area contributed by atoms with E-state index >= 15 is 0 Å². The molecule has 2 aromatic carbocycles. The number of rotatable bonds is 10. The van der Waals surface area contributed by atoms with Gasteiger partial charge in [0.1, 0.15) is 11.6 Å². The Bertz CT molecular complexity index is 1480. The fraction of sp³-hybridized carbons (Fsp3) is 0.348. The summed E-state index contributed by atoms with van der Waals surface area (Å²) in [4.78, 5) is 12.5. The van der Waals surface area contributed by atoms with Crippen molar-refractivity contribution in [1.82, 2.24) is 14.5 Å². The molecule has 10 nitrogen and oxygen atoms in total. The maximum Gasteiger partial charge on any atom is 0.273 e. The molecule has 0 aliphatic heterocycles. The highest BCUT2D eigenvalue weighted by Gasteiger charge is 2.19. The van der Waals surface area contributed by atoms with Gasteiger partial charge in [-0.25, -0.2) is 26.2 Å². The first-order chi connectivity index (χ1) is 16.3. The van der Waals surface area contributed by atoms with Crippen LogP contribution in [0.25, 0.3) is 5.69 Å². The molecule has 0 fully saturated rings. The summed E-state index contributed by atoms with van der Waals surface area (Å²) in [6, 6.07) is 9.94. The number of aromatic nitrogens is 2. The molecule has 3 N–H and O–H groups in total. The van der Waals surface area contributed by atoms with Gasteiger partial charge in [0, 0.05) is 12.6 Å². The number of benzene rings is 2. The average molecular weight is 523 g/mol. The smallest absolute Gasteiger partial charge is 0.273 e. The van der Waals surface area contributed by atoms with Gasteiger partial charge in [-0.2, -0.15) is 0 Å². The highest BCUT2D eigenvalue weighted by atomic mass is 32.2. The zero-order valence-electron chi connectivity index (χ0n) is 20.3. The molecule has 0 amide bonds. The van der Waals surface area contributed by atoms with Crippen molar-refractivity contribution >= 4 is 25.9 Å². The number of sulfonamides is 2. The molecule has 190 valence electrons. The van der Waals surface area contributed by atoms with E-state index in [-0.39, 0.29) is 17.3 Å². The molecule has 3 rings (SSSR count). The highest BCUT2D eigenvalue weighted by Crippen LogP contribution is 2.23. The fourth-order valence-corrected chi connectivity index (χ4v) is 5.49. The summed E-state index contributed by atoms with van der Waals surface area (Å²) < 4.78 is 60.3. The Hall–Kier alpha value is -3.09. The molecule has 0 aliphatic rings. The Morgan fingerprint density at radius 2 is 1.60 bits per heavy atom. The first-order valence-corrected chi connectivity index (χ1v) is 14.3. The minimum atomic E-state index is -3.79. The molecule has 3 aromatic rings. The Kier molecular flexibility index (Phi) is 7.77. The number of ether oxygens (including phenoxy) is 1. The summed E-state index contributed by atoms with van der Waals surface area (Å²) in [6.45, 7) is 7.88. The van der Waals surface area contributed by atoms with E-state index in [1.54, 1.807) is 13.8 Å². The molecule has 1 aromatic heterocycles. The molecule has 0 bridgehead atoms. The summed E-state index contributed by atoms with van der Waals surface area (Å²) in [5.74, 6) is 0.785. The number of hydrogen-bond donors (Lipinski definition) is 3. The molecule has 0 unspecified atom stereocenters. The van der Waals surface area contributed by atoms with Gasteiger partial charge in [0.15, 0.2) is 0 Å². The van der Waals surface area contributed by atoms with E-state index in [4.69, 9.17) is 4.74 Å². The van der Waals surface area contributed by atoms with Crippen LogP contribution in [0.4, 0.5) is 5.82 Å². The molecule has 1 heterocycles. The van der Waals surface area contributed by atoms with E-state index in [0.717, 1.165) is 29.2 Å². The quantitative estimate of drug-likeness (QED) is 0.350. The monoisotopic (exact) mass is 522 g/mol. The molecule has 0 atom stereocenters. The first kappa shape index (κ1) is 26.5. The van der Waals surface area contributed by atoms with Gasteiger partial charge in [0.2, 0.25) is 20.0 Å². The lowest BCUT2D eigenvalue weighted by molar-refractivity contribution is 0.309. The van der Waals surface area contributed by atoms with E-state index in [9.17, 15) is 21.6 Å².